The smallest absolute Gasteiger partial charge is 0.125 e. The molecule has 0 atom stereocenters. The predicted octanol–water partition coefficient (Wildman–Crippen LogP) is 2.23. The molecular weight excluding hydrogens is 254 g/mol. The van der Waals surface area contributed by atoms with E-state index >= 15 is 0 Å². The van der Waals surface area contributed by atoms with Crippen LogP contribution in [0.5, 0.6) is 5.75 Å². The average molecular weight is 274 g/mol. The van der Waals surface area contributed by atoms with Crippen LogP contribution in [0.4, 0.5) is 0 Å². The molecule has 5 heteroatoms. The lowest BCUT2D eigenvalue weighted by Gasteiger charge is -2.11. The summed E-state index contributed by atoms with van der Waals surface area (Å²) in [5.74, 6) is 0.752. The van der Waals surface area contributed by atoms with Crippen LogP contribution in [0.2, 0.25) is 5.02 Å². The van der Waals surface area contributed by atoms with Gasteiger partial charge in [-0.2, -0.15) is 0 Å². The van der Waals surface area contributed by atoms with E-state index in [9.17, 15) is 0 Å². The topological polar surface area (TPSA) is 53.7 Å². The Kier molecular flexibility index (Phi) is 7.76. The largest absolute Gasteiger partial charge is 0.493 e. The van der Waals surface area contributed by atoms with Crippen molar-refractivity contribution in [1.82, 2.24) is 0 Å². The summed E-state index contributed by atoms with van der Waals surface area (Å²) in [5, 5.41) is 0.645. The van der Waals surface area contributed by atoms with Crippen molar-refractivity contribution in [3.8, 4) is 5.75 Å². The van der Waals surface area contributed by atoms with Crippen molar-refractivity contribution in [3.05, 3.63) is 28.8 Å². The summed E-state index contributed by atoms with van der Waals surface area (Å²) >= 11 is 6.03. The molecule has 0 saturated carbocycles. The summed E-state index contributed by atoms with van der Waals surface area (Å²) < 4.78 is 15.9. The van der Waals surface area contributed by atoms with Crippen molar-refractivity contribution in [1.29, 1.82) is 0 Å². The highest BCUT2D eigenvalue weighted by Gasteiger charge is 2.05. The first-order valence-corrected chi connectivity index (χ1v) is 6.34. The van der Waals surface area contributed by atoms with Crippen molar-refractivity contribution in [2.75, 3.05) is 33.5 Å². The van der Waals surface area contributed by atoms with E-state index in [0.717, 1.165) is 17.7 Å². The number of methoxy groups -OCH3 is 1. The summed E-state index contributed by atoms with van der Waals surface area (Å²) in [7, 11) is 1.65. The number of nitrogens with two attached hydrogens (primary N) is 1. The number of ether oxygens (including phenoxy) is 3. The van der Waals surface area contributed by atoms with E-state index in [-0.39, 0.29) is 0 Å². The van der Waals surface area contributed by atoms with Crippen molar-refractivity contribution >= 4 is 11.6 Å². The minimum absolute atomic E-state index is 0.374. The summed E-state index contributed by atoms with van der Waals surface area (Å²) in [6.07, 6.45) is 0.820. The van der Waals surface area contributed by atoms with Crippen LogP contribution >= 0.6 is 11.6 Å². The molecule has 0 spiro atoms. The van der Waals surface area contributed by atoms with Crippen molar-refractivity contribution in [3.63, 3.8) is 0 Å². The van der Waals surface area contributed by atoms with E-state index in [1.807, 2.05) is 18.2 Å². The monoisotopic (exact) mass is 273 g/mol. The number of halogens is 1. The summed E-state index contributed by atoms with van der Waals surface area (Å²) in [6.45, 7) is 2.84. The van der Waals surface area contributed by atoms with E-state index in [4.69, 9.17) is 31.5 Å². The minimum atomic E-state index is 0.374. The van der Waals surface area contributed by atoms with Gasteiger partial charge in [0, 0.05) is 37.3 Å². The van der Waals surface area contributed by atoms with Gasteiger partial charge in [-0.15, -0.1) is 0 Å². The summed E-state index contributed by atoms with van der Waals surface area (Å²) in [5.41, 5.74) is 6.48. The maximum absolute atomic E-state index is 6.03. The lowest BCUT2D eigenvalue weighted by Crippen LogP contribution is -2.08. The van der Waals surface area contributed by atoms with Crippen molar-refractivity contribution in [2.24, 2.45) is 5.73 Å². The Bertz CT molecular complexity index is 347. The third-order valence-corrected chi connectivity index (χ3v) is 2.76. The first-order chi connectivity index (χ1) is 8.79. The van der Waals surface area contributed by atoms with Crippen molar-refractivity contribution < 1.29 is 14.2 Å². The van der Waals surface area contributed by atoms with Crippen LogP contribution in [0.1, 0.15) is 12.0 Å². The maximum Gasteiger partial charge on any atom is 0.125 e. The molecule has 0 fully saturated rings. The molecule has 0 unspecified atom stereocenters. The van der Waals surface area contributed by atoms with Crippen LogP contribution in [0.3, 0.4) is 0 Å². The van der Waals surface area contributed by atoms with Gasteiger partial charge in [-0.25, -0.2) is 0 Å². The molecule has 102 valence electrons. The standard InChI is InChI=1S/C13H20ClNO3/c1-16-8-9-17-6-3-7-18-13-5-2-4-12(14)11(13)10-15/h2,4-5H,3,6-10,15H2,1H3. The SMILES string of the molecule is COCCOCCCOc1cccc(Cl)c1CN. The number of benzene rings is 1. The number of hydrogen-bond donors (Lipinski definition) is 1. The van der Waals surface area contributed by atoms with Gasteiger partial charge in [0.05, 0.1) is 19.8 Å². The second kappa shape index (κ2) is 9.16. The van der Waals surface area contributed by atoms with Crippen LogP contribution in [-0.2, 0) is 16.0 Å². The first-order valence-electron chi connectivity index (χ1n) is 5.96. The molecule has 0 amide bonds. The van der Waals surface area contributed by atoms with Crippen LogP contribution in [0.15, 0.2) is 18.2 Å². The minimum Gasteiger partial charge on any atom is -0.493 e. The van der Waals surface area contributed by atoms with E-state index in [0.29, 0.717) is 38.0 Å². The van der Waals surface area contributed by atoms with Crippen molar-refractivity contribution in [2.45, 2.75) is 13.0 Å². The average Bonchev–Trinajstić information content (AvgIpc) is 2.38. The Balaban J connectivity index is 2.25. The van der Waals surface area contributed by atoms with Gasteiger partial charge in [0.15, 0.2) is 0 Å². The fourth-order valence-electron chi connectivity index (χ4n) is 1.46. The van der Waals surface area contributed by atoms with Gasteiger partial charge in [0.1, 0.15) is 5.75 Å². The Labute approximate surface area is 113 Å². The van der Waals surface area contributed by atoms with E-state index in [1.165, 1.54) is 0 Å². The quantitative estimate of drug-likeness (QED) is 0.701. The molecule has 0 aromatic heterocycles. The zero-order valence-electron chi connectivity index (χ0n) is 10.7. The van der Waals surface area contributed by atoms with E-state index < -0.39 is 0 Å². The molecular formula is C13H20ClNO3. The van der Waals surface area contributed by atoms with E-state index in [2.05, 4.69) is 0 Å². The molecule has 1 aromatic carbocycles. The van der Waals surface area contributed by atoms with E-state index in [1.54, 1.807) is 7.11 Å². The molecule has 0 saturated heterocycles. The molecule has 0 bridgehead atoms. The van der Waals surface area contributed by atoms with Gasteiger partial charge in [-0.05, 0) is 12.1 Å². The highest BCUT2D eigenvalue weighted by Crippen LogP contribution is 2.25. The third-order valence-electron chi connectivity index (χ3n) is 2.40. The molecule has 0 aliphatic heterocycles. The summed E-state index contributed by atoms with van der Waals surface area (Å²) in [4.78, 5) is 0. The van der Waals surface area contributed by atoms with Gasteiger partial charge >= 0.3 is 0 Å². The van der Waals surface area contributed by atoms with Gasteiger partial charge in [0.2, 0.25) is 0 Å². The highest BCUT2D eigenvalue weighted by atomic mass is 35.5. The fourth-order valence-corrected chi connectivity index (χ4v) is 1.70. The van der Waals surface area contributed by atoms with Gasteiger partial charge in [-0.3, -0.25) is 0 Å². The normalized spacial score (nSPS) is 10.6. The number of rotatable bonds is 9. The molecule has 1 rings (SSSR count). The van der Waals surface area contributed by atoms with Crippen LogP contribution in [-0.4, -0.2) is 33.5 Å². The first kappa shape index (κ1) is 15.2. The lowest BCUT2D eigenvalue weighted by atomic mass is 10.2. The van der Waals surface area contributed by atoms with Gasteiger partial charge in [0.25, 0.3) is 0 Å². The zero-order chi connectivity index (χ0) is 13.2. The third kappa shape index (κ3) is 5.23. The summed E-state index contributed by atoms with van der Waals surface area (Å²) in [6, 6.07) is 5.54. The highest BCUT2D eigenvalue weighted by molar-refractivity contribution is 6.31. The van der Waals surface area contributed by atoms with Gasteiger partial charge < -0.3 is 19.9 Å². The lowest BCUT2D eigenvalue weighted by molar-refractivity contribution is 0.0644. The fraction of sp³-hybridized carbons (Fsp3) is 0.538. The Hall–Kier alpha value is -0.810. The number of hydrogen-bond acceptors (Lipinski definition) is 4. The Morgan fingerprint density at radius 2 is 2.00 bits per heavy atom. The molecule has 18 heavy (non-hydrogen) atoms. The van der Waals surface area contributed by atoms with Gasteiger partial charge in [-0.1, -0.05) is 17.7 Å². The van der Waals surface area contributed by atoms with Crippen LogP contribution in [0, 0.1) is 0 Å². The van der Waals surface area contributed by atoms with Crippen LogP contribution in [0.25, 0.3) is 0 Å². The zero-order valence-corrected chi connectivity index (χ0v) is 11.4. The molecule has 2 N–H and O–H groups in total. The van der Waals surface area contributed by atoms with Crippen LogP contribution < -0.4 is 10.5 Å². The second-order valence-corrected chi connectivity index (χ2v) is 4.14. The molecule has 4 nitrogen and oxygen atoms in total. The molecule has 0 heterocycles. The molecule has 0 aliphatic rings. The molecule has 0 radical (unpaired) electrons. The second-order valence-electron chi connectivity index (χ2n) is 3.73. The Morgan fingerprint density at radius 1 is 1.17 bits per heavy atom. The maximum atomic E-state index is 6.03. The molecule has 0 aliphatic carbocycles. The molecule has 1 aromatic rings. The predicted molar refractivity (Wildman–Crippen MR) is 72.2 cm³/mol. The Morgan fingerprint density at radius 3 is 2.72 bits per heavy atom.